The Morgan fingerprint density at radius 2 is 0.931 bits per heavy atom. The van der Waals surface area contributed by atoms with Gasteiger partial charge in [0.25, 0.3) is 5.79 Å². The number of benzene rings is 2. The summed E-state index contributed by atoms with van der Waals surface area (Å²) in [4.78, 5) is 0. The Kier molecular flexibility index (Phi) is 4.22. The number of hydrogen-bond acceptors (Lipinski definition) is 2. The molecule has 0 fully saturated rings. The van der Waals surface area contributed by atoms with E-state index in [0.29, 0.717) is 0 Å². The number of ether oxygens (including phenoxy) is 2. The van der Waals surface area contributed by atoms with Crippen LogP contribution in [-0.2, 0) is 10.8 Å². The van der Waals surface area contributed by atoms with E-state index in [1.807, 2.05) is 0 Å². The highest BCUT2D eigenvalue weighted by Crippen LogP contribution is 2.55. The summed E-state index contributed by atoms with van der Waals surface area (Å²) in [5.41, 5.74) is 10.4. The predicted octanol–water partition coefficient (Wildman–Crippen LogP) is 7.05. The van der Waals surface area contributed by atoms with Crippen molar-refractivity contribution in [1.82, 2.24) is 0 Å². The first-order valence-electron chi connectivity index (χ1n) is 10.9. The molecule has 0 unspecified atom stereocenters. The second-order valence-corrected chi connectivity index (χ2v) is 10.9. The van der Waals surface area contributed by atoms with Gasteiger partial charge in [0.15, 0.2) is 0 Å². The minimum atomic E-state index is -0.633. The van der Waals surface area contributed by atoms with Gasteiger partial charge in [0.1, 0.15) is 11.5 Å². The lowest BCUT2D eigenvalue weighted by Crippen LogP contribution is -2.56. The van der Waals surface area contributed by atoms with Crippen molar-refractivity contribution in [3.8, 4) is 11.5 Å². The van der Waals surface area contributed by atoms with Crippen molar-refractivity contribution >= 4 is 0 Å². The maximum absolute atomic E-state index is 6.86. The molecule has 0 N–H and O–H groups in total. The zero-order valence-electron chi connectivity index (χ0n) is 19.9. The van der Waals surface area contributed by atoms with Gasteiger partial charge in [-0.1, -0.05) is 39.8 Å². The Balaban J connectivity index is 1.91. The molecule has 156 valence electrons. The average molecular weight is 393 g/mol. The molecular formula is C27H36O2. The van der Waals surface area contributed by atoms with Gasteiger partial charge in [-0.25, -0.2) is 0 Å². The van der Waals surface area contributed by atoms with Crippen LogP contribution in [0.2, 0.25) is 0 Å². The molecule has 2 aromatic rings. The average Bonchev–Trinajstić information content (AvgIpc) is 2.60. The van der Waals surface area contributed by atoms with Crippen LogP contribution in [0.15, 0.2) is 12.1 Å². The summed E-state index contributed by atoms with van der Waals surface area (Å²) in [6, 6.07) is 4.65. The van der Waals surface area contributed by atoms with E-state index in [2.05, 4.69) is 81.4 Å². The molecule has 4 rings (SSSR count). The summed E-state index contributed by atoms with van der Waals surface area (Å²) in [6.07, 6.45) is 1.70. The van der Waals surface area contributed by atoms with E-state index in [-0.39, 0.29) is 10.8 Å². The minimum absolute atomic E-state index is 0.0158. The SMILES string of the molecule is Cc1cc2c(c(C)c1C)OC1(CC2(C)C)CC(C)(C)c2cc(C)c(C)c(C)c2O1. The van der Waals surface area contributed by atoms with Crippen LogP contribution in [0.5, 0.6) is 11.5 Å². The van der Waals surface area contributed by atoms with Crippen molar-refractivity contribution in [3.05, 3.63) is 56.6 Å². The van der Waals surface area contributed by atoms with Crippen LogP contribution in [0.1, 0.15) is 85.0 Å². The van der Waals surface area contributed by atoms with Gasteiger partial charge in [-0.3, -0.25) is 0 Å². The maximum Gasteiger partial charge on any atom is 0.252 e. The number of rotatable bonds is 0. The molecule has 0 radical (unpaired) electrons. The molecule has 0 amide bonds. The third kappa shape index (κ3) is 2.90. The van der Waals surface area contributed by atoms with Gasteiger partial charge in [0, 0.05) is 34.8 Å². The summed E-state index contributed by atoms with van der Waals surface area (Å²) >= 11 is 0. The van der Waals surface area contributed by atoms with E-state index < -0.39 is 5.79 Å². The summed E-state index contributed by atoms with van der Waals surface area (Å²) in [5, 5.41) is 0. The predicted molar refractivity (Wildman–Crippen MR) is 121 cm³/mol. The highest BCUT2D eigenvalue weighted by atomic mass is 16.7. The molecule has 2 aliphatic rings. The molecule has 29 heavy (non-hydrogen) atoms. The zero-order valence-corrected chi connectivity index (χ0v) is 19.9. The monoisotopic (exact) mass is 392 g/mol. The molecular weight excluding hydrogens is 356 g/mol. The smallest absolute Gasteiger partial charge is 0.252 e. The molecule has 0 bridgehead atoms. The van der Waals surface area contributed by atoms with Crippen LogP contribution in [-0.4, -0.2) is 5.79 Å². The summed E-state index contributed by atoms with van der Waals surface area (Å²) in [5.74, 6) is 1.43. The van der Waals surface area contributed by atoms with Gasteiger partial charge < -0.3 is 9.47 Å². The highest BCUT2D eigenvalue weighted by Gasteiger charge is 2.54. The molecule has 0 atom stereocenters. The maximum atomic E-state index is 6.86. The van der Waals surface area contributed by atoms with E-state index in [1.54, 1.807) is 0 Å². The number of fused-ring (bicyclic) bond motifs is 2. The first-order valence-corrected chi connectivity index (χ1v) is 10.9. The number of aryl methyl sites for hydroxylation is 2. The zero-order chi connectivity index (χ0) is 21.5. The van der Waals surface area contributed by atoms with Crippen LogP contribution in [0.25, 0.3) is 0 Å². The van der Waals surface area contributed by atoms with E-state index in [0.717, 1.165) is 24.3 Å². The van der Waals surface area contributed by atoms with E-state index in [1.165, 1.54) is 44.5 Å². The molecule has 2 heteroatoms. The second kappa shape index (κ2) is 6.03. The van der Waals surface area contributed by atoms with Gasteiger partial charge in [-0.05, 0) is 74.9 Å². The Morgan fingerprint density at radius 1 is 0.586 bits per heavy atom. The topological polar surface area (TPSA) is 18.5 Å². The lowest BCUT2D eigenvalue weighted by Gasteiger charge is -2.52. The van der Waals surface area contributed by atoms with Gasteiger partial charge in [0.2, 0.25) is 0 Å². The third-order valence-electron chi connectivity index (χ3n) is 7.66. The fourth-order valence-electron chi connectivity index (χ4n) is 5.52. The van der Waals surface area contributed by atoms with Crippen LogP contribution < -0.4 is 9.47 Å². The minimum Gasteiger partial charge on any atom is -0.452 e. The van der Waals surface area contributed by atoms with E-state index in [9.17, 15) is 0 Å². The van der Waals surface area contributed by atoms with Crippen molar-refractivity contribution < 1.29 is 9.47 Å². The Bertz CT molecular complexity index is 940. The molecule has 2 heterocycles. The van der Waals surface area contributed by atoms with Crippen molar-refractivity contribution in [2.24, 2.45) is 0 Å². The van der Waals surface area contributed by atoms with Crippen molar-refractivity contribution in [1.29, 1.82) is 0 Å². The normalized spacial score (nSPS) is 20.5. The Hall–Kier alpha value is -1.96. The second-order valence-electron chi connectivity index (χ2n) is 10.9. The summed E-state index contributed by atoms with van der Waals surface area (Å²) < 4.78 is 13.7. The van der Waals surface area contributed by atoms with Gasteiger partial charge >= 0.3 is 0 Å². The Morgan fingerprint density at radius 3 is 1.28 bits per heavy atom. The molecule has 0 saturated heterocycles. The first kappa shape index (κ1) is 20.3. The molecule has 2 aromatic carbocycles. The van der Waals surface area contributed by atoms with Crippen molar-refractivity contribution in [2.45, 2.75) is 98.7 Å². The van der Waals surface area contributed by atoms with Crippen LogP contribution in [0.4, 0.5) is 0 Å². The van der Waals surface area contributed by atoms with Gasteiger partial charge in [-0.15, -0.1) is 0 Å². The molecule has 1 spiro atoms. The third-order valence-corrected chi connectivity index (χ3v) is 7.66. The van der Waals surface area contributed by atoms with E-state index in [4.69, 9.17) is 9.47 Å². The quantitative estimate of drug-likeness (QED) is 0.478. The van der Waals surface area contributed by atoms with Gasteiger partial charge in [-0.2, -0.15) is 0 Å². The molecule has 0 saturated carbocycles. The van der Waals surface area contributed by atoms with Crippen LogP contribution >= 0.6 is 0 Å². The lowest BCUT2D eigenvalue weighted by molar-refractivity contribution is -0.167. The standard InChI is InChI=1S/C27H36O2/c1-15-11-21-23(19(5)17(15)3)28-27(13-25(21,7)8)14-26(9,10)22-12-16(2)18(4)20(6)24(22)29-27/h11-12H,13-14H2,1-10H3. The fourth-order valence-corrected chi connectivity index (χ4v) is 5.52. The molecule has 0 aliphatic carbocycles. The molecule has 2 nitrogen and oxygen atoms in total. The largest absolute Gasteiger partial charge is 0.452 e. The van der Waals surface area contributed by atoms with Crippen LogP contribution in [0.3, 0.4) is 0 Å². The molecule has 0 aromatic heterocycles. The van der Waals surface area contributed by atoms with Gasteiger partial charge in [0.05, 0.1) is 0 Å². The van der Waals surface area contributed by atoms with Crippen molar-refractivity contribution in [3.63, 3.8) is 0 Å². The lowest BCUT2D eigenvalue weighted by atomic mass is 9.68. The summed E-state index contributed by atoms with van der Waals surface area (Å²) in [6.45, 7) is 22.5. The molecule has 2 aliphatic heterocycles. The fraction of sp³-hybridized carbons (Fsp3) is 0.556. The summed E-state index contributed by atoms with van der Waals surface area (Å²) in [7, 11) is 0. The van der Waals surface area contributed by atoms with E-state index >= 15 is 0 Å². The Labute approximate surface area is 176 Å². The first-order chi connectivity index (χ1) is 13.3. The highest BCUT2D eigenvalue weighted by molar-refractivity contribution is 5.56. The number of hydrogen-bond donors (Lipinski definition) is 0. The van der Waals surface area contributed by atoms with Crippen molar-refractivity contribution in [2.75, 3.05) is 0 Å². The van der Waals surface area contributed by atoms with Crippen LogP contribution in [0, 0.1) is 41.5 Å².